The van der Waals surface area contributed by atoms with Gasteiger partial charge in [-0.1, -0.05) is 19.9 Å². The second kappa shape index (κ2) is 8.81. The first-order valence-electron chi connectivity index (χ1n) is 7.42. The number of nitrogens with zero attached hydrogens (tertiary/aromatic N) is 1. The van der Waals surface area contributed by atoms with E-state index in [1.54, 1.807) is 0 Å². The maximum Gasteiger partial charge on any atom is 0.142 e. The van der Waals surface area contributed by atoms with Crippen LogP contribution >= 0.6 is 0 Å². The molecule has 19 heavy (non-hydrogen) atoms. The van der Waals surface area contributed by atoms with Crippen LogP contribution in [0, 0.1) is 0 Å². The van der Waals surface area contributed by atoms with Crippen molar-refractivity contribution in [2.24, 2.45) is 0 Å². The fourth-order valence-corrected chi connectivity index (χ4v) is 2.30. The van der Waals surface area contributed by atoms with Crippen molar-refractivity contribution in [2.45, 2.75) is 40.2 Å². The molecule has 1 aromatic rings. The Morgan fingerprint density at radius 1 is 1.11 bits per heavy atom. The van der Waals surface area contributed by atoms with Gasteiger partial charge in [-0.3, -0.25) is 0 Å². The third-order valence-electron chi connectivity index (χ3n) is 3.03. The van der Waals surface area contributed by atoms with Gasteiger partial charge >= 0.3 is 0 Å². The Labute approximate surface area is 118 Å². The lowest BCUT2D eigenvalue weighted by molar-refractivity contribution is 0.340. The maximum absolute atomic E-state index is 5.83. The molecule has 0 saturated carbocycles. The number of ether oxygens (including phenoxy) is 1. The van der Waals surface area contributed by atoms with Crippen LogP contribution in [-0.4, -0.2) is 26.7 Å². The molecule has 1 rings (SSSR count). The summed E-state index contributed by atoms with van der Waals surface area (Å²) in [5.41, 5.74) is 2.49. The second-order valence-electron chi connectivity index (χ2n) is 4.75. The van der Waals surface area contributed by atoms with Crippen LogP contribution in [0.4, 0.5) is 5.69 Å². The topological polar surface area (TPSA) is 24.5 Å². The van der Waals surface area contributed by atoms with Crippen molar-refractivity contribution in [3.63, 3.8) is 0 Å². The van der Waals surface area contributed by atoms with E-state index >= 15 is 0 Å². The Kier molecular flexibility index (Phi) is 7.34. The molecule has 0 fully saturated rings. The summed E-state index contributed by atoms with van der Waals surface area (Å²) in [5, 5.41) is 3.18. The highest BCUT2D eigenvalue weighted by molar-refractivity contribution is 5.60. The molecule has 1 aromatic carbocycles. The predicted molar refractivity (Wildman–Crippen MR) is 83.2 cm³/mol. The third-order valence-corrected chi connectivity index (χ3v) is 3.03. The van der Waals surface area contributed by atoms with Gasteiger partial charge in [0.25, 0.3) is 0 Å². The van der Waals surface area contributed by atoms with Crippen LogP contribution in [0.2, 0.25) is 0 Å². The van der Waals surface area contributed by atoms with Crippen LogP contribution in [0.3, 0.4) is 0 Å². The molecule has 0 aliphatic rings. The number of rotatable bonds is 9. The molecule has 0 aliphatic heterocycles. The molecule has 0 atom stereocenters. The van der Waals surface area contributed by atoms with E-state index < -0.39 is 0 Å². The summed E-state index contributed by atoms with van der Waals surface area (Å²) in [4.78, 5) is 2.42. The van der Waals surface area contributed by atoms with Crippen LogP contribution < -0.4 is 15.0 Å². The lowest BCUT2D eigenvalue weighted by Gasteiger charge is -2.26. The molecule has 0 spiro atoms. The fraction of sp³-hybridized carbons (Fsp3) is 0.625. The van der Waals surface area contributed by atoms with Crippen LogP contribution in [-0.2, 0) is 6.54 Å². The monoisotopic (exact) mass is 264 g/mol. The van der Waals surface area contributed by atoms with Gasteiger partial charge in [0.05, 0.1) is 12.3 Å². The average molecular weight is 264 g/mol. The predicted octanol–water partition coefficient (Wildman–Crippen LogP) is 3.43. The average Bonchev–Trinajstić information content (AvgIpc) is 2.40. The van der Waals surface area contributed by atoms with Gasteiger partial charge in [-0.25, -0.2) is 0 Å². The first-order chi connectivity index (χ1) is 9.26. The Balaban J connectivity index is 3.01. The van der Waals surface area contributed by atoms with Crippen LogP contribution in [0.25, 0.3) is 0 Å². The van der Waals surface area contributed by atoms with E-state index in [4.69, 9.17) is 4.74 Å². The van der Waals surface area contributed by atoms with Crippen molar-refractivity contribution in [3.8, 4) is 5.75 Å². The van der Waals surface area contributed by atoms with Crippen LogP contribution in [0.5, 0.6) is 5.75 Å². The highest BCUT2D eigenvalue weighted by Crippen LogP contribution is 2.30. The van der Waals surface area contributed by atoms with Crippen molar-refractivity contribution >= 4 is 5.69 Å². The zero-order valence-corrected chi connectivity index (χ0v) is 12.8. The quantitative estimate of drug-likeness (QED) is 0.739. The van der Waals surface area contributed by atoms with Gasteiger partial charge in [0.2, 0.25) is 0 Å². The zero-order valence-electron chi connectivity index (χ0n) is 12.8. The second-order valence-corrected chi connectivity index (χ2v) is 4.75. The van der Waals surface area contributed by atoms with Gasteiger partial charge in [0.15, 0.2) is 0 Å². The Bertz CT molecular complexity index is 360. The molecular weight excluding hydrogens is 236 g/mol. The molecule has 3 heteroatoms. The fourth-order valence-electron chi connectivity index (χ4n) is 2.30. The normalized spacial score (nSPS) is 10.5. The van der Waals surface area contributed by atoms with Gasteiger partial charge in [-0.15, -0.1) is 0 Å². The summed E-state index contributed by atoms with van der Waals surface area (Å²) < 4.78 is 5.83. The largest absolute Gasteiger partial charge is 0.492 e. The van der Waals surface area contributed by atoms with E-state index in [2.05, 4.69) is 42.3 Å². The Morgan fingerprint density at radius 2 is 1.79 bits per heavy atom. The molecular formula is C16H28N2O. The highest BCUT2D eigenvalue weighted by atomic mass is 16.5. The molecule has 0 heterocycles. The molecule has 0 radical (unpaired) electrons. The van der Waals surface area contributed by atoms with Crippen LogP contribution in [0.15, 0.2) is 18.2 Å². The van der Waals surface area contributed by atoms with Gasteiger partial charge in [0, 0.05) is 19.6 Å². The Morgan fingerprint density at radius 3 is 2.32 bits per heavy atom. The van der Waals surface area contributed by atoms with Crippen molar-refractivity contribution in [1.82, 2.24) is 5.32 Å². The first-order valence-corrected chi connectivity index (χ1v) is 7.42. The van der Waals surface area contributed by atoms with Gasteiger partial charge in [0.1, 0.15) is 5.75 Å². The van der Waals surface area contributed by atoms with Gasteiger partial charge in [-0.05, 0) is 44.5 Å². The van der Waals surface area contributed by atoms with E-state index in [9.17, 15) is 0 Å². The number of hydrogen-bond donors (Lipinski definition) is 1. The summed E-state index contributed by atoms with van der Waals surface area (Å²) in [6, 6.07) is 6.54. The molecule has 0 saturated heterocycles. The number of hydrogen-bond acceptors (Lipinski definition) is 3. The first kappa shape index (κ1) is 15.8. The third kappa shape index (κ3) is 4.75. The smallest absolute Gasteiger partial charge is 0.142 e. The van der Waals surface area contributed by atoms with Crippen molar-refractivity contribution in [1.29, 1.82) is 0 Å². The van der Waals surface area contributed by atoms with Crippen molar-refractivity contribution in [2.75, 3.05) is 31.6 Å². The summed E-state index contributed by atoms with van der Waals surface area (Å²) in [5.74, 6) is 1.01. The van der Waals surface area contributed by atoms with E-state index in [1.165, 1.54) is 11.3 Å². The molecule has 108 valence electrons. The molecule has 0 aromatic heterocycles. The minimum atomic E-state index is 0.710. The zero-order chi connectivity index (χ0) is 14.1. The SMILES string of the molecule is CCCN(CCC)c1ccc(CNC)cc1OCC. The number of benzene rings is 1. The van der Waals surface area contributed by atoms with Gasteiger partial charge < -0.3 is 15.0 Å². The summed E-state index contributed by atoms with van der Waals surface area (Å²) in [6.07, 6.45) is 2.31. The standard InChI is InChI=1S/C16H28N2O/c1-5-10-18(11-6-2)15-9-8-14(13-17-4)12-16(15)19-7-3/h8-9,12,17H,5-7,10-11,13H2,1-4H3. The molecule has 0 amide bonds. The highest BCUT2D eigenvalue weighted by Gasteiger charge is 2.11. The summed E-state index contributed by atoms with van der Waals surface area (Å²) in [6.45, 7) is 10.2. The lowest BCUT2D eigenvalue weighted by atomic mass is 10.1. The van der Waals surface area contributed by atoms with Crippen LogP contribution in [0.1, 0.15) is 39.2 Å². The van der Waals surface area contributed by atoms with E-state index in [1.807, 2.05) is 14.0 Å². The minimum Gasteiger partial charge on any atom is -0.492 e. The van der Waals surface area contributed by atoms with Gasteiger partial charge in [-0.2, -0.15) is 0 Å². The maximum atomic E-state index is 5.83. The number of anilines is 1. The Hall–Kier alpha value is -1.22. The molecule has 1 N–H and O–H groups in total. The van der Waals surface area contributed by atoms with E-state index in [-0.39, 0.29) is 0 Å². The van der Waals surface area contributed by atoms with Crippen molar-refractivity contribution < 1.29 is 4.74 Å². The minimum absolute atomic E-state index is 0.710. The summed E-state index contributed by atoms with van der Waals surface area (Å²) in [7, 11) is 1.97. The summed E-state index contributed by atoms with van der Waals surface area (Å²) >= 11 is 0. The molecule has 0 unspecified atom stereocenters. The molecule has 0 bridgehead atoms. The van der Waals surface area contributed by atoms with E-state index in [0.29, 0.717) is 6.61 Å². The number of nitrogens with one attached hydrogen (secondary N) is 1. The molecule has 0 aliphatic carbocycles. The molecule has 3 nitrogen and oxygen atoms in total. The van der Waals surface area contributed by atoms with E-state index in [0.717, 1.165) is 38.2 Å². The lowest BCUT2D eigenvalue weighted by Crippen LogP contribution is -2.25. The van der Waals surface area contributed by atoms with Crippen molar-refractivity contribution in [3.05, 3.63) is 23.8 Å².